The number of fused-ring (bicyclic) bond motifs is 8. The van der Waals surface area contributed by atoms with Crippen molar-refractivity contribution in [3.8, 4) is 33.9 Å². The minimum atomic E-state index is -3.30. The average molecular weight is 547 g/mol. The highest BCUT2D eigenvalue weighted by Crippen LogP contribution is 2.50. The summed E-state index contributed by atoms with van der Waals surface area (Å²) < 4.78 is 20.5. The van der Waals surface area contributed by atoms with Crippen LogP contribution in [0.5, 0.6) is 0 Å². The molecule has 1 aromatic heterocycles. The molecule has 5 nitrogen and oxygen atoms in total. The fourth-order valence-corrected chi connectivity index (χ4v) is 7.61. The van der Waals surface area contributed by atoms with Gasteiger partial charge in [-0.2, -0.15) is 14.3 Å². The van der Waals surface area contributed by atoms with Crippen molar-refractivity contribution in [3.05, 3.63) is 133 Å². The van der Waals surface area contributed by atoms with Gasteiger partial charge >= 0.3 is 0 Å². The third kappa shape index (κ3) is 3.68. The molecule has 2 heterocycles. The van der Waals surface area contributed by atoms with Crippen LogP contribution in [-0.4, -0.2) is 19.2 Å². The maximum absolute atomic E-state index is 15.4. The molecule has 0 amide bonds. The molecule has 0 aliphatic carbocycles. The van der Waals surface area contributed by atoms with E-state index in [4.69, 9.17) is 19.3 Å². The SMILES string of the molecule is O=S1(c2nc(-c3ccccc3)nc(-c3ccccc3)n2)=Nc2c(c3ccccc3c3ccccc23)-c2ccccc21. The Hall–Kier alpha value is -5.20. The third-order valence-corrected chi connectivity index (χ3v) is 9.58. The van der Waals surface area contributed by atoms with Gasteiger partial charge in [-0.3, -0.25) is 0 Å². The van der Waals surface area contributed by atoms with Crippen LogP contribution in [-0.2, 0) is 9.73 Å². The molecule has 8 rings (SSSR count). The van der Waals surface area contributed by atoms with E-state index < -0.39 is 9.73 Å². The molecule has 7 aromatic rings. The summed E-state index contributed by atoms with van der Waals surface area (Å²) in [6.07, 6.45) is 0. The van der Waals surface area contributed by atoms with Crippen LogP contribution < -0.4 is 0 Å². The van der Waals surface area contributed by atoms with E-state index in [0.29, 0.717) is 22.2 Å². The highest BCUT2D eigenvalue weighted by molar-refractivity contribution is 7.93. The van der Waals surface area contributed by atoms with Crippen molar-refractivity contribution in [1.29, 1.82) is 0 Å². The van der Waals surface area contributed by atoms with Crippen molar-refractivity contribution in [2.45, 2.75) is 10.1 Å². The van der Waals surface area contributed by atoms with Gasteiger partial charge in [0.2, 0.25) is 5.16 Å². The fraction of sp³-hybridized carbons (Fsp3) is 0. The first-order chi connectivity index (χ1) is 20.2. The van der Waals surface area contributed by atoms with Crippen LogP contribution in [0.15, 0.2) is 148 Å². The maximum Gasteiger partial charge on any atom is 0.236 e. The molecule has 0 spiro atoms. The normalized spacial score (nSPS) is 15.7. The van der Waals surface area contributed by atoms with Crippen LogP contribution in [0.2, 0.25) is 0 Å². The minimum Gasteiger partial charge on any atom is -0.236 e. The Morgan fingerprint density at radius 2 is 0.951 bits per heavy atom. The summed E-state index contributed by atoms with van der Waals surface area (Å²) >= 11 is 0. The summed E-state index contributed by atoms with van der Waals surface area (Å²) in [6, 6.07) is 43.8. The van der Waals surface area contributed by atoms with Crippen molar-refractivity contribution in [1.82, 2.24) is 15.0 Å². The van der Waals surface area contributed by atoms with Crippen molar-refractivity contribution in [3.63, 3.8) is 0 Å². The standard InChI is InChI=1S/C35H22N4OS/c40-41(35-37-33(23-13-3-1-4-14-23)36-34(38-35)24-15-5-2-6-16-24)30-22-12-11-21-29(30)31-27-19-9-7-17-25(27)26-18-8-10-20-28(26)32(31)39-41/h1-22H. The van der Waals surface area contributed by atoms with Gasteiger partial charge < -0.3 is 0 Å². The molecule has 1 unspecified atom stereocenters. The van der Waals surface area contributed by atoms with Gasteiger partial charge in [-0.05, 0) is 22.2 Å². The molecular weight excluding hydrogens is 524 g/mol. The molecule has 0 N–H and O–H groups in total. The van der Waals surface area contributed by atoms with Gasteiger partial charge in [-0.15, -0.1) is 0 Å². The van der Waals surface area contributed by atoms with Crippen LogP contribution in [0.1, 0.15) is 0 Å². The zero-order chi connectivity index (χ0) is 27.4. The first-order valence-electron chi connectivity index (χ1n) is 13.4. The Labute approximate surface area is 237 Å². The first kappa shape index (κ1) is 23.7. The number of nitrogens with zero attached hydrogens (tertiary/aromatic N) is 4. The zero-order valence-corrected chi connectivity index (χ0v) is 22.6. The molecule has 1 aliphatic heterocycles. The van der Waals surface area contributed by atoms with E-state index in [-0.39, 0.29) is 5.16 Å². The zero-order valence-electron chi connectivity index (χ0n) is 21.8. The van der Waals surface area contributed by atoms with E-state index in [1.54, 1.807) is 0 Å². The van der Waals surface area contributed by atoms with E-state index in [2.05, 4.69) is 30.3 Å². The fourth-order valence-electron chi connectivity index (χ4n) is 5.63. The van der Waals surface area contributed by atoms with Crippen molar-refractivity contribution < 1.29 is 4.21 Å². The Bertz CT molecular complexity index is 2200. The van der Waals surface area contributed by atoms with E-state index in [1.165, 1.54) is 0 Å². The number of rotatable bonds is 3. The summed E-state index contributed by atoms with van der Waals surface area (Å²) in [5.41, 5.74) is 4.20. The van der Waals surface area contributed by atoms with E-state index in [0.717, 1.165) is 43.8 Å². The van der Waals surface area contributed by atoms with Gasteiger partial charge in [0, 0.05) is 27.6 Å². The first-order valence-corrected chi connectivity index (χ1v) is 14.9. The smallest absolute Gasteiger partial charge is 0.236 e. The second-order valence-corrected chi connectivity index (χ2v) is 12.0. The number of benzene rings is 6. The van der Waals surface area contributed by atoms with Crippen LogP contribution >= 0.6 is 0 Å². The predicted octanol–water partition coefficient (Wildman–Crippen LogP) is 8.71. The van der Waals surface area contributed by atoms with Crippen LogP contribution in [0, 0.1) is 0 Å². The number of hydrogen-bond acceptors (Lipinski definition) is 5. The summed E-state index contributed by atoms with van der Waals surface area (Å²) in [4.78, 5) is 15.1. The molecule has 6 aromatic carbocycles. The largest absolute Gasteiger partial charge is 0.236 e. The molecule has 0 saturated carbocycles. The predicted molar refractivity (Wildman–Crippen MR) is 164 cm³/mol. The Morgan fingerprint density at radius 1 is 0.463 bits per heavy atom. The van der Waals surface area contributed by atoms with Gasteiger partial charge in [0.15, 0.2) is 11.6 Å². The molecule has 1 aliphatic rings. The summed E-state index contributed by atoms with van der Waals surface area (Å²) in [7, 11) is -3.30. The second kappa shape index (κ2) is 9.18. The molecule has 6 heteroatoms. The molecule has 1 atom stereocenters. The Balaban J connectivity index is 1.51. The van der Waals surface area contributed by atoms with Gasteiger partial charge in [0.05, 0.1) is 10.6 Å². The molecule has 0 bridgehead atoms. The third-order valence-electron chi connectivity index (χ3n) is 7.51. The highest BCUT2D eigenvalue weighted by Gasteiger charge is 2.32. The maximum atomic E-state index is 15.4. The average Bonchev–Trinajstić information content (AvgIpc) is 3.05. The van der Waals surface area contributed by atoms with E-state index >= 15 is 4.21 Å². The van der Waals surface area contributed by atoms with Crippen LogP contribution in [0.25, 0.3) is 55.4 Å². The van der Waals surface area contributed by atoms with Gasteiger partial charge in [-0.1, -0.05) is 127 Å². The Morgan fingerprint density at radius 3 is 1.59 bits per heavy atom. The molecule has 0 radical (unpaired) electrons. The van der Waals surface area contributed by atoms with Crippen molar-refractivity contribution in [2.24, 2.45) is 4.36 Å². The molecule has 41 heavy (non-hydrogen) atoms. The molecule has 194 valence electrons. The lowest BCUT2D eigenvalue weighted by molar-refractivity contribution is 0.667. The van der Waals surface area contributed by atoms with Crippen LogP contribution in [0.4, 0.5) is 5.69 Å². The topological polar surface area (TPSA) is 68.1 Å². The van der Waals surface area contributed by atoms with E-state index in [9.17, 15) is 0 Å². The van der Waals surface area contributed by atoms with E-state index in [1.807, 2.05) is 103 Å². The Kier molecular flexibility index (Phi) is 5.30. The number of hydrogen-bond donors (Lipinski definition) is 0. The lowest BCUT2D eigenvalue weighted by Crippen LogP contribution is -2.13. The minimum absolute atomic E-state index is 0.153. The monoisotopic (exact) mass is 546 g/mol. The lowest BCUT2D eigenvalue weighted by atomic mass is 9.91. The summed E-state index contributed by atoms with van der Waals surface area (Å²) in [5, 5.41) is 4.38. The van der Waals surface area contributed by atoms with Crippen molar-refractivity contribution >= 4 is 37.0 Å². The molecule has 0 saturated heterocycles. The quantitative estimate of drug-likeness (QED) is 0.208. The van der Waals surface area contributed by atoms with Gasteiger partial charge in [0.1, 0.15) is 9.73 Å². The molecular formula is C35H22N4OS. The van der Waals surface area contributed by atoms with Crippen LogP contribution in [0.3, 0.4) is 0 Å². The summed E-state index contributed by atoms with van der Waals surface area (Å²) in [5.74, 6) is 0.915. The molecule has 0 fully saturated rings. The summed E-state index contributed by atoms with van der Waals surface area (Å²) in [6.45, 7) is 0. The highest BCUT2D eigenvalue weighted by atomic mass is 32.2. The second-order valence-electron chi connectivity index (χ2n) is 9.93. The number of aromatic nitrogens is 3. The lowest BCUT2D eigenvalue weighted by Gasteiger charge is -2.24. The van der Waals surface area contributed by atoms with Gasteiger partial charge in [-0.25, -0.2) is 9.19 Å². The van der Waals surface area contributed by atoms with Crippen molar-refractivity contribution in [2.75, 3.05) is 0 Å². The van der Waals surface area contributed by atoms with Gasteiger partial charge in [0.25, 0.3) is 0 Å².